The fraction of sp³-hybridized carbons (Fsp3) is 0.421. The van der Waals surface area contributed by atoms with Gasteiger partial charge in [0.15, 0.2) is 0 Å². The summed E-state index contributed by atoms with van der Waals surface area (Å²) in [6.45, 7) is 11.5. The summed E-state index contributed by atoms with van der Waals surface area (Å²) in [7, 11) is 0. The molecule has 24 heavy (non-hydrogen) atoms. The fourth-order valence-corrected chi connectivity index (χ4v) is 2.43. The summed E-state index contributed by atoms with van der Waals surface area (Å²) in [5, 5.41) is 11.9. The molecule has 1 aromatic carbocycles. The van der Waals surface area contributed by atoms with Crippen LogP contribution in [-0.2, 0) is 4.74 Å². The van der Waals surface area contributed by atoms with Gasteiger partial charge in [-0.05, 0) is 38.3 Å². The average molecular weight is 350 g/mol. The Kier molecular flexibility index (Phi) is 4.73. The lowest BCUT2D eigenvalue weighted by Crippen LogP contribution is -2.26. The summed E-state index contributed by atoms with van der Waals surface area (Å²) in [6.07, 6.45) is 3.17. The molecule has 2 rings (SSSR count). The van der Waals surface area contributed by atoms with Gasteiger partial charge in [0, 0.05) is 16.0 Å². The molecule has 0 spiro atoms. The highest BCUT2D eigenvalue weighted by Crippen LogP contribution is 2.35. The van der Waals surface area contributed by atoms with Gasteiger partial charge < -0.3 is 9.84 Å². The molecule has 1 heterocycles. The number of benzene rings is 1. The monoisotopic (exact) mass is 349 g/mol. The van der Waals surface area contributed by atoms with Crippen LogP contribution < -0.4 is 0 Å². The first-order chi connectivity index (χ1) is 10.9. The summed E-state index contributed by atoms with van der Waals surface area (Å²) in [6, 6.07) is 5.17. The number of carbonyl (C=O) groups is 1. The SMILES string of the molecule is CC(C)(C)C=Cc1c(O)n(C(=O)OC(C)(C)C)c2cc(Cl)ccc12. The molecule has 0 atom stereocenters. The molecule has 0 saturated heterocycles. The van der Waals surface area contributed by atoms with Crippen molar-refractivity contribution in [2.75, 3.05) is 0 Å². The Labute approximate surface area is 147 Å². The minimum Gasteiger partial charge on any atom is -0.494 e. The number of carbonyl (C=O) groups excluding carboxylic acids is 1. The zero-order valence-corrected chi connectivity index (χ0v) is 15.7. The lowest BCUT2D eigenvalue weighted by Gasteiger charge is -2.20. The van der Waals surface area contributed by atoms with Gasteiger partial charge in [-0.3, -0.25) is 0 Å². The van der Waals surface area contributed by atoms with E-state index in [1.165, 1.54) is 0 Å². The van der Waals surface area contributed by atoms with Crippen molar-refractivity contribution in [3.05, 3.63) is 34.9 Å². The molecule has 2 aromatic rings. The summed E-state index contributed by atoms with van der Waals surface area (Å²) < 4.78 is 6.57. The Morgan fingerprint density at radius 2 is 1.83 bits per heavy atom. The molecule has 130 valence electrons. The minimum atomic E-state index is -0.667. The summed E-state index contributed by atoms with van der Waals surface area (Å²) in [4.78, 5) is 12.5. The second-order valence-corrected chi connectivity index (χ2v) is 8.35. The van der Waals surface area contributed by atoms with Crippen LogP contribution in [0.4, 0.5) is 4.79 Å². The number of aromatic hydroxyl groups is 1. The molecule has 0 unspecified atom stereocenters. The third-order valence-corrected chi connectivity index (χ3v) is 3.50. The quantitative estimate of drug-likeness (QED) is 0.703. The van der Waals surface area contributed by atoms with Gasteiger partial charge in [0.05, 0.1) is 5.52 Å². The van der Waals surface area contributed by atoms with Crippen molar-refractivity contribution in [1.82, 2.24) is 4.57 Å². The number of rotatable bonds is 1. The van der Waals surface area contributed by atoms with Crippen molar-refractivity contribution in [3.8, 4) is 5.88 Å². The molecule has 0 saturated carbocycles. The van der Waals surface area contributed by atoms with Crippen molar-refractivity contribution < 1.29 is 14.6 Å². The molecule has 4 nitrogen and oxygen atoms in total. The van der Waals surface area contributed by atoms with Gasteiger partial charge in [0.2, 0.25) is 5.88 Å². The predicted molar refractivity (Wildman–Crippen MR) is 98.7 cm³/mol. The third-order valence-electron chi connectivity index (χ3n) is 3.27. The van der Waals surface area contributed by atoms with Crippen LogP contribution in [0.25, 0.3) is 17.0 Å². The summed E-state index contributed by atoms with van der Waals surface area (Å²) >= 11 is 6.07. The van der Waals surface area contributed by atoms with Crippen LogP contribution in [0.1, 0.15) is 47.1 Å². The maximum Gasteiger partial charge on any atom is 0.421 e. The van der Waals surface area contributed by atoms with E-state index in [1.807, 2.05) is 12.2 Å². The normalized spacial score (nSPS) is 13.0. The van der Waals surface area contributed by atoms with Crippen LogP contribution in [0.15, 0.2) is 24.3 Å². The zero-order valence-electron chi connectivity index (χ0n) is 15.0. The smallest absolute Gasteiger partial charge is 0.421 e. The van der Waals surface area contributed by atoms with E-state index >= 15 is 0 Å². The Balaban J connectivity index is 2.67. The van der Waals surface area contributed by atoms with Crippen LogP contribution in [-0.4, -0.2) is 21.4 Å². The highest BCUT2D eigenvalue weighted by atomic mass is 35.5. The molecule has 1 N–H and O–H groups in total. The van der Waals surface area contributed by atoms with E-state index in [9.17, 15) is 9.90 Å². The minimum absolute atomic E-state index is 0.0563. The van der Waals surface area contributed by atoms with Gasteiger partial charge in [-0.2, -0.15) is 0 Å². The van der Waals surface area contributed by atoms with Crippen LogP contribution >= 0.6 is 11.6 Å². The second-order valence-electron chi connectivity index (χ2n) is 7.91. The zero-order chi connectivity index (χ0) is 18.3. The second kappa shape index (κ2) is 6.17. The number of hydrogen-bond acceptors (Lipinski definition) is 3. The average Bonchev–Trinajstić information content (AvgIpc) is 2.64. The van der Waals surface area contributed by atoms with Crippen molar-refractivity contribution in [2.45, 2.75) is 47.1 Å². The highest BCUT2D eigenvalue weighted by molar-refractivity contribution is 6.31. The first-order valence-electron chi connectivity index (χ1n) is 7.84. The van der Waals surface area contributed by atoms with Gasteiger partial charge in [-0.15, -0.1) is 0 Å². The topological polar surface area (TPSA) is 51.5 Å². The lowest BCUT2D eigenvalue weighted by molar-refractivity contribution is 0.0533. The number of aromatic nitrogens is 1. The molecule has 0 aliphatic rings. The number of nitrogens with zero attached hydrogens (tertiary/aromatic N) is 1. The van der Waals surface area contributed by atoms with E-state index in [0.717, 1.165) is 9.95 Å². The van der Waals surface area contributed by atoms with Gasteiger partial charge in [0.25, 0.3) is 0 Å². The molecule has 0 aliphatic carbocycles. The van der Waals surface area contributed by atoms with E-state index in [-0.39, 0.29) is 11.3 Å². The molecule has 1 aromatic heterocycles. The number of allylic oxidation sites excluding steroid dienone is 1. The van der Waals surface area contributed by atoms with Gasteiger partial charge in [-0.25, -0.2) is 9.36 Å². The van der Waals surface area contributed by atoms with Crippen LogP contribution in [0.3, 0.4) is 0 Å². The fourth-order valence-electron chi connectivity index (χ4n) is 2.26. The Morgan fingerprint density at radius 1 is 1.21 bits per heavy atom. The Hall–Kier alpha value is -1.94. The molecule has 5 heteroatoms. The number of hydrogen-bond donors (Lipinski definition) is 1. The first kappa shape index (κ1) is 18.4. The van der Waals surface area contributed by atoms with Crippen molar-refractivity contribution >= 4 is 34.7 Å². The first-order valence-corrected chi connectivity index (χ1v) is 8.22. The molecular formula is C19H24ClNO3. The van der Waals surface area contributed by atoms with Crippen LogP contribution in [0.5, 0.6) is 5.88 Å². The molecule has 0 radical (unpaired) electrons. The van der Waals surface area contributed by atoms with Crippen molar-refractivity contribution in [3.63, 3.8) is 0 Å². The number of ether oxygens (including phenoxy) is 1. The Morgan fingerprint density at radius 3 is 2.38 bits per heavy atom. The largest absolute Gasteiger partial charge is 0.494 e. The maximum atomic E-state index is 12.5. The van der Waals surface area contributed by atoms with E-state index < -0.39 is 11.7 Å². The van der Waals surface area contributed by atoms with E-state index in [2.05, 4.69) is 20.8 Å². The summed E-state index contributed by atoms with van der Waals surface area (Å²) in [5.41, 5.74) is 0.365. The lowest BCUT2D eigenvalue weighted by atomic mass is 9.95. The number of fused-ring (bicyclic) bond motifs is 1. The molecule has 0 amide bonds. The number of halogens is 1. The van der Waals surface area contributed by atoms with Gasteiger partial charge in [0.1, 0.15) is 5.60 Å². The molecule has 0 aliphatic heterocycles. The van der Waals surface area contributed by atoms with Crippen LogP contribution in [0, 0.1) is 5.41 Å². The molecule has 0 fully saturated rings. The maximum absolute atomic E-state index is 12.5. The Bertz CT molecular complexity index is 805. The van der Waals surface area contributed by atoms with Gasteiger partial charge >= 0.3 is 6.09 Å². The van der Waals surface area contributed by atoms with Gasteiger partial charge in [-0.1, -0.05) is 50.6 Å². The standard InChI is InChI=1S/C19H24ClNO3/c1-18(2,3)10-9-14-13-8-7-12(20)11-15(13)21(16(14)22)17(23)24-19(4,5)6/h7-11,22H,1-6H3. The molecule has 0 bridgehead atoms. The van der Waals surface area contributed by atoms with E-state index in [0.29, 0.717) is 16.1 Å². The highest BCUT2D eigenvalue weighted by Gasteiger charge is 2.25. The van der Waals surface area contributed by atoms with Crippen molar-refractivity contribution in [2.24, 2.45) is 5.41 Å². The predicted octanol–water partition coefficient (Wildman–Crippen LogP) is 5.84. The van der Waals surface area contributed by atoms with E-state index in [4.69, 9.17) is 16.3 Å². The van der Waals surface area contributed by atoms with Crippen LogP contribution in [0.2, 0.25) is 5.02 Å². The summed E-state index contributed by atoms with van der Waals surface area (Å²) in [5.74, 6) is -0.151. The molecular weight excluding hydrogens is 326 g/mol. The van der Waals surface area contributed by atoms with E-state index in [1.54, 1.807) is 39.0 Å². The van der Waals surface area contributed by atoms with Crippen molar-refractivity contribution in [1.29, 1.82) is 0 Å². The third kappa shape index (κ3) is 4.12.